The summed E-state index contributed by atoms with van der Waals surface area (Å²) in [7, 11) is 1.51. The van der Waals surface area contributed by atoms with Crippen LogP contribution in [-0.2, 0) is 6.42 Å². The van der Waals surface area contributed by atoms with Crippen molar-refractivity contribution in [1.29, 1.82) is 0 Å². The molecular formula is C19H22O4. The van der Waals surface area contributed by atoms with E-state index < -0.39 is 18.0 Å². The third-order valence-corrected chi connectivity index (χ3v) is 3.80. The van der Waals surface area contributed by atoms with Crippen molar-refractivity contribution in [1.82, 2.24) is 0 Å². The SMILES string of the molecule is COc1cccc(C(=O)[C@H](O)[C@@H](O)CCCc2ccccc2)c1. The molecule has 2 aromatic rings. The van der Waals surface area contributed by atoms with Crippen LogP contribution in [0.15, 0.2) is 54.6 Å². The van der Waals surface area contributed by atoms with Gasteiger partial charge in [0.15, 0.2) is 5.78 Å². The van der Waals surface area contributed by atoms with Crippen molar-refractivity contribution < 1.29 is 19.7 Å². The maximum atomic E-state index is 12.2. The quantitative estimate of drug-likeness (QED) is 0.735. The number of ether oxygens (including phenoxy) is 1. The lowest BCUT2D eigenvalue weighted by Gasteiger charge is -2.17. The smallest absolute Gasteiger partial charge is 0.194 e. The number of hydrogen-bond donors (Lipinski definition) is 2. The first-order valence-corrected chi connectivity index (χ1v) is 7.70. The Balaban J connectivity index is 1.88. The highest BCUT2D eigenvalue weighted by Gasteiger charge is 2.25. The molecule has 23 heavy (non-hydrogen) atoms. The molecular weight excluding hydrogens is 292 g/mol. The lowest BCUT2D eigenvalue weighted by atomic mass is 9.97. The van der Waals surface area contributed by atoms with Crippen molar-refractivity contribution in [3.63, 3.8) is 0 Å². The summed E-state index contributed by atoms with van der Waals surface area (Å²) in [4.78, 5) is 12.2. The van der Waals surface area contributed by atoms with Gasteiger partial charge in [-0.3, -0.25) is 4.79 Å². The Kier molecular flexibility index (Phi) is 6.32. The molecule has 2 aromatic carbocycles. The average molecular weight is 314 g/mol. The molecule has 0 saturated carbocycles. The topological polar surface area (TPSA) is 66.8 Å². The van der Waals surface area contributed by atoms with Crippen molar-refractivity contribution in [3.8, 4) is 5.75 Å². The number of methoxy groups -OCH3 is 1. The Hall–Kier alpha value is -2.17. The summed E-state index contributed by atoms with van der Waals surface area (Å²) in [5, 5.41) is 20.1. The summed E-state index contributed by atoms with van der Waals surface area (Å²) in [5.74, 6) is 0.0535. The van der Waals surface area contributed by atoms with Crippen LogP contribution >= 0.6 is 0 Å². The second-order valence-corrected chi connectivity index (χ2v) is 5.49. The standard InChI is InChI=1S/C19H22O4/c1-23-16-11-6-10-15(13-16)18(21)19(22)17(20)12-5-9-14-7-3-2-4-8-14/h2-4,6-8,10-11,13,17,19-20,22H,5,9,12H2,1H3/t17-,19+/m0/s1. The molecule has 2 N–H and O–H groups in total. The van der Waals surface area contributed by atoms with Crippen molar-refractivity contribution in [3.05, 3.63) is 65.7 Å². The van der Waals surface area contributed by atoms with Crippen LogP contribution in [0, 0.1) is 0 Å². The molecule has 0 saturated heterocycles. The molecule has 4 heteroatoms. The van der Waals surface area contributed by atoms with E-state index in [0.29, 0.717) is 24.2 Å². The minimum Gasteiger partial charge on any atom is -0.497 e. The zero-order valence-corrected chi connectivity index (χ0v) is 13.2. The lowest BCUT2D eigenvalue weighted by molar-refractivity contribution is 0.0170. The normalized spacial score (nSPS) is 13.3. The number of carbonyl (C=O) groups excluding carboxylic acids is 1. The highest BCUT2D eigenvalue weighted by atomic mass is 16.5. The Bertz CT molecular complexity index is 624. The second kappa shape index (κ2) is 8.46. The third-order valence-electron chi connectivity index (χ3n) is 3.80. The van der Waals surface area contributed by atoms with Crippen molar-refractivity contribution >= 4 is 5.78 Å². The van der Waals surface area contributed by atoms with Gasteiger partial charge in [-0.2, -0.15) is 0 Å². The van der Waals surface area contributed by atoms with Gasteiger partial charge in [-0.15, -0.1) is 0 Å². The third kappa shape index (κ3) is 4.91. The van der Waals surface area contributed by atoms with Crippen LogP contribution in [0.4, 0.5) is 0 Å². The number of Topliss-reactive ketones (excluding diaryl/α,β-unsaturated/α-hetero) is 1. The fourth-order valence-corrected chi connectivity index (χ4v) is 2.44. The van der Waals surface area contributed by atoms with E-state index in [1.54, 1.807) is 24.3 Å². The molecule has 0 aliphatic heterocycles. The van der Waals surface area contributed by atoms with Crippen LogP contribution < -0.4 is 4.74 Å². The van der Waals surface area contributed by atoms with Gasteiger partial charge in [0.1, 0.15) is 11.9 Å². The van der Waals surface area contributed by atoms with E-state index in [0.717, 1.165) is 6.42 Å². The van der Waals surface area contributed by atoms with E-state index >= 15 is 0 Å². The minimum absolute atomic E-state index is 0.332. The summed E-state index contributed by atoms with van der Waals surface area (Å²) in [5.41, 5.74) is 1.51. The zero-order chi connectivity index (χ0) is 16.7. The summed E-state index contributed by atoms with van der Waals surface area (Å²) in [6, 6.07) is 16.5. The van der Waals surface area contributed by atoms with Gasteiger partial charge in [-0.1, -0.05) is 42.5 Å². The number of carbonyl (C=O) groups is 1. The van der Waals surface area contributed by atoms with Crippen LogP contribution in [0.2, 0.25) is 0 Å². The van der Waals surface area contributed by atoms with Crippen molar-refractivity contribution in [2.24, 2.45) is 0 Å². The largest absolute Gasteiger partial charge is 0.497 e. The van der Waals surface area contributed by atoms with Gasteiger partial charge in [0.25, 0.3) is 0 Å². The summed E-state index contributed by atoms with van der Waals surface area (Å²) >= 11 is 0. The van der Waals surface area contributed by atoms with Gasteiger partial charge in [-0.25, -0.2) is 0 Å². The number of hydrogen-bond acceptors (Lipinski definition) is 4. The molecule has 0 fully saturated rings. The summed E-state index contributed by atoms with van der Waals surface area (Å²) < 4.78 is 5.06. The molecule has 2 rings (SSSR count). The van der Waals surface area contributed by atoms with Gasteiger partial charge in [0.05, 0.1) is 13.2 Å². The number of aliphatic hydroxyl groups is 2. The van der Waals surface area contributed by atoms with Crippen LogP contribution in [0.25, 0.3) is 0 Å². The van der Waals surface area contributed by atoms with Gasteiger partial charge in [0.2, 0.25) is 0 Å². The van der Waals surface area contributed by atoms with Crippen LogP contribution in [0.1, 0.15) is 28.8 Å². The second-order valence-electron chi connectivity index (χ2n) is 5.49. The molecule has 0 heterocycles. The molecule has 0 unspecified atom stereocenters. The predicted molar refractivity (Wildman–Crippen MR) is 88.7 cm³/mol. The van der Waals surface area contributed by atoms with Crippen molar-refractivity contribution in [2.45, 2.75) is 31.5 Å². The number of benzene rings is 2. The van der Waals surface area contributed by atoms with E-state index in [1.807, 2.05) is 30.3 Å². The first-order chi connectivity index (χ1) is 11.1. The Morgan fingerprint density at radius 1 is 1.09 bits per heavy atom. The Labute approximate surface area is 136 Å². The maximum absolute atomic E-state index is 12.2. The first kappa shape index (κ1) is 17.2. The zero-order valence-electron chi connectivity index (χ0n) is 13.2. The molecule has 0 amide bonds. The molecule has 0 bridgehead atoms. The fourth-order valence-electron chi connectivity index (χ4n) is 2.44. The van der Waals surface area contributed by atoms with E-state index in [1.165, 1.54) is 12.7 Å². The first-order valence-electron chi connectivity index (χ1n) is 7.70. The van der Waals surface area contributed by atoms with E-state index in [2.05, 4.69) is 0 Å². The van der Waals surface area contributed by atoms with Crippen molar-refractivity contribution in [2.75, 3.05) is 7.11 Å². The molecule has 0 aliphatic carbocycles. The van der Waals surface area contributed by atoms with Gasteiger partial charge < -0.3 is 14.9 Å². The summed E-state index contributed by atoms with van der Waals surface area (Å²) in [6.45, 7) is 0. The number of aryl methyl sites for hydroxylation is 1. The average Bonchev–Trinajstić information content (AvgIpc) is 2.61. The van der Waals surface area contributed by atoms with Gasteiger partial charge >= 0.3 is 0 Å². The molecule has 0 radical (unpaired) electrons. The van der Waals surface area contributed by atoms with Crippen LogP contribution in [0.3, 0.4) is 0 Å². The maximum Gasteiger partial charge on any atom is 0.194 e. The minimum atomic E-state index is -1.42. The number of rotatable bonds is 8. The summed E-state index contributed by atoms with van der Waals surface area (Å²) in [6.07, 6.45) is -0.618. The number of aliphatic hydroxyl groups excluding tert-OH is 2. The highest BCUT2D eigenvalue weighted by molar-refractivity contribution is 6.00. The fraction of sp³-hybridized carbons (Fsp3) is 0.316. The molecule has 0 spiro atoms. The van der Waals surface area contributed by atoms with Gasteiger partial charge in [0, 0.05) is 5.56 Å². The molecule has 4 nitrogen and oxygen atoms in total. The van der Waals surface area contributed by atoms with Crippen LogP contribution in [0.5, 0.6) is 5.75 Å². The van der Waals surface area contributed by atoms with E-state index in [9.17, 15) is 15.0 Å². The molecule has 2 atom stereocenters. The molecule has 122 valence electrons. The lowest BCUT2D eigenvalue weighted by Crippen LogP contribution is -2.34. The molecule has 0 aliphatic rings. The molecule has 0 aromatic heterocycles. The Morgan fingerprint density at radius 2 is 1.83 bits per heavy atom. The van der Waals surface area contributed by atoms with Gasteiger partial charge in [-0.05, 0) is 37.0 Å². The monoisotopic (exact) mass is 314 g/mol. The van der Waals surface area contributed by atoms with E-state index in [4.69, 9.17) is 4.74 Å². The predicted octanol–water partition coefficient (Wildman–Crippen LogP) is 2.62. The van der Waals surface area contributed by atoms with Crippen LogP contribution in [-0.4, -0.2) is 35.3 Å². The highest BCUT2D eigenvalue weighted by Crippen LogP contribution is 2.17. The Morgan fingerprint density at radius 3 is 2.52 bits per heavy atom. The number of ketones is 1. The van der Waals surface area contributed by atoms with E-state index in [-0.39, 0.29) is 0 Å².